The van der Waals surface area contributed by atoms with Gasteiger partial charge in [-0.1, -0.05) is 68.8 Å². The zero-order valence-electron chi connectivity index (χ0n) is 26.8. The third kappa shape index (κ3) is 6.96. The number of nitrogens with one attached hydrogen (secondary N) is 1. The molecule has 2 atom stereocenters. The molecule has 1 N–H and O–H groups in total. The second-order valence-electron chi connectivity index (χ2n) is 13.1. The Morgan fingerprint density at radius 1 is 1.02 bits per heavy atom. The molecule has 0 radical (unpaired) electrons. The molecule has 1 aliphatic carbocycles. The van der Waals surface area contributed by atoms with Crippen molar-refractivity contribution in [3.63, 3.8) is 0 Å². The molecule has 0 unspecified atom stereocenters. The summed E-state index contributed by atoms with van der Waals surface area (Å²) < 4.78 is 13.0. The second kappa shape index (κ2) is 12.7. The molecule has 6 nitrogen and oxygen atoms in total. The lowest BCUT2D eigenvalue weighted by Crippen LogP contribution is -2.26. The van der Waals surface area contributed by atoms with Crippen LogP contribution in [0.4, 0.5) is 0 Å². The number of carbonyl (C=O) groups is 2. The minimum absolute atomic E-state index is 0.0828. The fraction of sp³-hybridized carbons (Fsp3) is 0.405. The highest BCUT2D eigenvalue weighted by molar-refractivity contribution is 6.32. The van der Waals surface area contributed by atoms with E-state index in [0.29, 0.717) is 28.7 Å². The Balaban J connectivity index is 1.41. The van der Waals surface area contributed by atoms with Crippen LogP contribution >= 0.6 is 11.6 Å². The maximum atomic E-state index is 13.5. The minimum atomic E-state index is -0.773. The Kier molecular flexibility index (Phi) is 9.12. The van der Waals surface area contributed by atoms with E-state index in [2.05, 4.69) is 67.9 Å². The summed E-state index contributed by atoms with van der Waals surface area (Å²) >= 11 is 6.41. The Bertz CT molecular complexity index is 1680. The Hall–Kier alpha value is -3.77. The van der Waals surface area contributed by atoms with E-state index in [-0.39, 0.29) is 17.4 Å². The zero-order valence-corrected chi connectivity index (χ0v) is 27.5. The SMILES string of the molecule is COC(=O)[C@@H](C)Oc1cc(Cc2c(C)n(CC3CC3)c3cc(C(=O)N[C@@H](C)c4ccc(C(C)(C)C)cc4)ccc23)ccc1Cl. The van der Waals surface area contributed by atoms with Gasteiger partial charge in [0.25, 0.3) is 5.91 Å². The monoisotopic (exact) mass is 614 g/mol. The summed E-state index contributed by atoms with van der Waals surface area (Å²) in [5.41, 5.74) is 7.56. The minimum Gasteiger partial charge on any atom is -0.477 e. The molecular formula is C37H43ClN2O4. The summed E-state index contributed by atoms with van der Waals surface area (Å²) in [7, 11) is 1.33. The lowest BCUT2D eigenvalue weighted by molar-refractivity contribution is -0.147. The van der Waals surface area contributed by atoms with E-state index in [1.807, 2.05) is 31.2 Å². The number of benzene rings is 3. The molecule has 1 aromatic heterocycles. The lowest BCUT2D eigenvalue weighted by atomic mass is 9.86. The van der Waals surface area contributed by atoms with Gasteiger partial charge >= 0.3 is 5.97 Å². The van der Waals surface area contributed by atoms with Crippen molar-refractivity contribution in [3.8, 4) is 5.75 Å². The Morgan fingerprint density at radius 2 is 1.73 bits per heavy atom. The number of hydrogen-bond donors (Lipinski definition) is 1. The van der Waals surface area contributed by atoms with Crippen LogP contribution in [0.15, 0.2) is 60.7 Å². The van der Waals surface area contributed by atoms with Crippen LogP contribution in [-0.2, 0) is 27.9 Å². The number of carbonyl (C=O) groups excluding carboxylic acids is 2. The average molecular weight is 615 g/mol. The highest BCUT2D eigenvalue weighted by atomic mass is 35.5. The van der Waals surface area contributed by atoms with E-state index in [4.69, 9.17) is 21.1 Å². The van der Waals surface area contributed by atoms with Crippen molar-refractivity contribution < 1.29 is 19.1 Å². The van der Waals surface area contributed by atoms with E-state index in [1.54, 1.807) is 13.0 Å². The lowest BCUT2D eigenvalue weighted by Gasteiger charge is -2.21. The van der Waals surface area contributed by atoms with Crippen molar-refractivity contribution in [1.82, 2.24) is 9.88 Å². The van der Waals surface area contributed by atoms with E-state index in [9.17, 15) is 9.59 Å². The standard InChI is InChI=1S/C37H43ClN2O4/c1-22(27-11-14-29(15-12-27)37(4,5)6)39-35(41)28-13-16-30-31(23(2)40(33(30)20-28)21-25-8-9-25)18-26-10-17-32(38)34(19-26)44-24(3)36(42)43-7/h10-17,19-20,22,24-25H,8-9,18,21H2,1-7H3,(H,39,41)/t22-,24+/m0/s1. The van der Waals surface area contributed by atoms with Gasteiger partial charge in [-0.3, -0.25) is 4.79 Å². The van der Waals surface area contributed by atoms with Crippen LogP contribution in [0.5, 0.6) is 5.75 Å². The van der Waals surface area contributed by atoms with Crippen LogP contribution in [-0.4, -0.2) is 29.7 Å². The number of hydrogen-bond acceptors (Lipinski definition) is 4. The fourth-order valence-corrected chi connectivity index (χ4v) is 5.86. The molecule has 5 rings (SSSR count). The quantitative estimate of drug-likeness (QED) is 0.182. The van der Waals surface area contributed by atoms with E-state index in [1.165, 1.54) is 36.8 Å². The average Bonchev–Trinajstić information content (AvgIpc) is 3.79. The summed E-state index contributed by atoms with van der Waals surface area (Å²) in [6, 6.07) is 20.1. The number of esters is 1. The van der Waals surface area contributed by atoms with Gasteiger partial charge in [0.15, 0.2) is 6.10 Å². The molecular weight excluding hydrogens is 572 g/mol. The molecule has 3 aromatic carbocycles. The number of aromatic nitrogens is 1. The van der Waals surface area contributed by atoms with Crippen molar-refractivity contribution in [2.45, 2.75) is 84.9 Å². The number of ether oxygens (including phenoxy) is 2. The summed E-state index contributed by atoms with van der Waals surface area (Å²) in [5, 5.41) is 4.77. The van der Waals surface area contributed by atoms with Gasteiger partial charge in [0.1, 0.15) is 5.75 Å². The number of halogens is 1. The molecule has 1 saturated carbocycles. The first kappa shape index (κ1) is 31.6. The summed E-state index contributed by atoms with van der Waals surface area (Å²) in [6.07, 6.45) is 2.35. The number of methoxy groups -OCH3 is 1. The predicted molar refractivity (Wildman–Crippen MR) is 177 cm³/mol. The van der Waals surface area contributed by atoms with Gasteiger partial charge in [-0.15, -0.1) is 0 Å². The van der Waals surface area contributed by atoms with Gasteiger partial charge in [-0.25, -0.2) is 4.79 Å². The van der Waals surface area contributed by atoms with E-state index >= 15 is 0 Å². The van der Waals surface area contributed by atoms with Crippen molar-refractivity contribution in [3.05, 3.63) is 99.2 Å². The third-order valence-electron chi connectivity index (χ3n) is 8.69. The summed E-state index contributed by atoms with van der Waals surface area (Å²) in [6.45, 7) is 13.4. The molecule has 0 bridgehead atoms. The van der Waals surface area contributed by atoms with Crippen LogP contribution < -0.4 is 10.1 Å². The normalized spacial score (nSPS) is 14.7. The van der Waals surface area contributed by atoms with Crippen LogP contribution in [0.3, 0.4) is 0 Å². The first-order valence-electron chi connectivity index (χ1n) is 15.4. The first-order valence-corrected chi connectivity index (χ1v) is 15.8. The van der Waals surface area contributed by atoms with Crippen molar-refractivity contribution in [2.75, 3.05) is 7.11 Å². The molecule has 1 aliphatic rings. The molecule has 232 valence electrons. The molecule has 44 heavy (non-hydrogen) atoms. The van der Waals surface area contributed by atoms with Crippen molar-refractivity contribution in [2.24, 2.45) is 5.92 Å². The fourth-order valence-electron chi connectivity index (χ4n) is 5.70. The maximum Gasteiger partial charge on any atom is 0.346 e. The third-order valence-corrected chi connectivity index (χ3v) is 9.01. The molecule has 7 heteroatoms. The topological polar surface area (TPSA) is 69.6 Å². The van der Waals surface area contributed by atoms with Gasteiger partial charge in [0.2, 0.25) is 0 Å². The van der Waals surface area contributed by atoms with Gasteiger partial charge < -0.3 is 19.4 Å². The van der Waals surface area contributed by atoms with E-state index < -0.39 is 12.1 Å². The summed E-state index contributed by atoms with van der Waals surface area (Å²) in [5.74, 6) is 0.568. The largest absolute Gasteiger partial charge is 0.477 e. The number of amides is 1. The van der Waals surface area contributed by atoms with Crippen LogP contribution in [0, 0.1) is 12.8 Å². The zero-order chi connectivity index (χ0) is 31.8. The second-order valence-corrected chi connectivity index (χ2v) is 13.5. The van der Waals surface area contributed by atoms with Gasteiger partial charge in [-0.05, 0) is 97.9 Å². The van der Waals surface area contributed by atoms with Gasteiger partial charge in [0, 0.05) is 28.7 Å². The Morgan fingerprint density at radius 3 is 2.36 bits per heavy atom. The molecule has 0 spiro atoms. The first-order chi connectivity index (χ1) is 20.8. The van der Waals surface area contributed by atoms with Gasteiger partial charge in [-0.2, -0.15) is 0 Å². The number of nitrogens with zero attached hydrogens (tertiary/aromatic N) is 1. The van der Waals surface area contributed by atoms with E-state index in [0.717, 1.165) is 28.6 Å². The smallest absolute Gasteiger partial charge is 0.346 e. The summed E-state index contributed by atoms with van der Waals surface area (Å²) in [4.78, 5) is 25.4. The highest BCUT2D eigenvalue weighted by Crippen LogP contribution is 2.37. The van der Waals surface area contributed by atoms with Crippen molar-refractivity contribution in [1.29, 1.82) is 0 Å². The molecule has 1 fully saturated rings. The molecule has 0 saturated heterocycles. The van der Waals surface area contributed by atoms with Crippen LogP contribution in [0.1, 0.15) is 91.8 Å². The maximum absolute atomic E-state index is 13.5. The molecule has 1 heterocycles. The van der Waals surface area contributed by atoms with Crippen LogP contribution in [0.25, 0.3) is 10.9 Å². The predicted octanol–water partition coefficient (Wildman–Crippen LogP) is 8.33. The van der Waals surface area contributed by atoms with Crippen LogP contribution in [0.2, 0.25) is 5.02 Å². The number of fused-ring (bicyclic) bond motifs is 1. The molecule has 4 aromatic rings. The highest BCUT2D eigenvalue weighted by Gasteiger charge is 2.26. The molecule has 0 aliphatic heterocycles. The Labute approximate surface area is 265 Å². The van der Waals surface area contributed by atoms with Gasteiger partial charge in [0.05, 0.1) is 18.2 Å². The number of rotatable bonds is 10. The van der Waals surface area contributed by atoms with Crippen molar-refractivity contribution >= 4 is 34.4 Å². The molecule has 1 amide bonds.